The summed E-state index contributed by atoms with van der Waals surface area (Å²) in [5.74, 6) is -2.29. The van der Waals surface area contributed by atoms with Gasteiger partial charge >= 0.3 is 11.9 Å². The van der Waals surface area contributed by atoms with Crippen molar-refractivity contribution in [2.24, 2.45) is 0 Å². The van der Waals surface area contributed by atoms with Gasteiger partial charge in [0, 0.05) is 12.0 Å². The molecular formula is C15H16O5. The lowest BCUT2D eigenvalue weighted by Crippen LogP contribution is -2.26. The first-order valence-electron chi connectivity index (χ1n) is 6.07. The fourth-order valence-electron chi connectivity index (χ4n) is 1.51. The number of rotatable bonds is 7. The SMILES string of the molecule is C=C(CC(=O)O)C(=O)OC(C)C(=O)Cc1ccccc1. The Labute approximate surface area is 116 Å². The molecule has 1 aromatic carbocycles. The van der Waals surface area contributed by atoms with Crippen LogP contribution in [0.5, 0.6) is 0 Å². The van der Waals surface area contributed by atoms with Crippen molar-refractivity contribution in [3.63, 3.8) is 0 Å². The molecule has 0 amide bonds. The van der Waals surface area contributed by atoms with E-state index in [1.54, 1.807) is 12.1 Å². The highest BCUT2D eigenvalue weighted by atomic mass is 16.5. The van der Waals surface area contributed by atoms with Crippen molar-refractivity contribution in [3.8, 4) is 0 Å². The molecule has 1 N–H and O–H groups in total. The molecule has 20 heavy (non-hydrogen) atoms. The van der Waals surface area contributed by atoms with Crippen molar-refractivity contribution < 1.29 is 24.2 Å². The van der Waals surface area contributed by atoms with Gasteiger partial charge in [-0.05, 0) is 12.5 Å². The summed E-state index contributed by atoms with van der Waals surface area (Å²) in [4.78, 5) is 33.8. The molecule has 0 fully saturated rings. The number of hydrogen-bond acceptors (Lipinski definition) is 4. The summed E-state index contributed by atoms with van der Waals surface area (Å²) in [6.07, 6.45) is -1.28. The maximum atomic E-state index is 11.9. The van der Waals surface area contributed by atoms with Crippen LogP contribution in [0.1, 0.15) is 18.9 Å². The number of hydrogen-bond donors (Lipinski definition) is 1. The molecule has 0 bridgehead atoms. The third-order valence-corrected chi connectivity index (χ3v) is 2.61. The smallest absolute Gasteiger partial charge is 0.334 e. The fourth-order valence-corrected chi connectivity index (χ4v) is 1.51. The molecule has 0 aliphatic rings. The molecule has 1 aromatic rings. The van der Waals surface area contributed by atoms with Crippen molar-refractivity contribution in [1.82, 2.24) is 0 Å². The van der Waals surface area contributed by atoms with E-state index in [1.165, 1.54) is 6.92 Å². The lowest BCUT2D eigenvalue weighted by Gasteiger charge is -2.12. The molecule has 0 aliphatic heterocycles. The number of benzene rings is 1. The minimum atomic E-state index is -1.17. The molecule has 0 saturated heterocycles. The number of ketones is 1. The number of carboxylic acid groups (broad SMARTS) is 1. The zero-order valence-electron chi connectivity index (χ0n) is 11.2. The summed E-state index contributed by atoms with van der Waals surface area (Å²) >= 11 is 0. The van der Waals surface area contributed by atoms with Crippen LogP contribution in [0.2, 0.25) is 0 Å². The van der Waals surface area contributed by atoms with Gasteiger partial charge in [-0.1, -0.05) is 36.9 Å². The summed E-state index contributed by atoms with van der Waals surface area (Å²) in [5, 5.41) is 8.54. The average molecular weight is 276 g/mol. The molecule has 5 nitrogen and oxygen atoms in total. The molecule has 106 valence electrons. The second-order valence-electron chi connectivity index (χ2n) is 4.35. The van der Waals surface area contributed by atoms with E-state index in [1.807, 2.05) is 18.2 Å². The van der Waals surface area contributed by atoms with Crippen LogP contribution in [-0.4, -0.2) is 28.9 Å². The normalized spacial score (nSPS) is 11.4. The molecule has 0 aliphatic carbocycles. The summed E-state index contributed by atoms with van der Waals surface area (Å²) in [6.45, 7) is 4.78. The number of esters is 1. The van der Waals surface area contributed by atoms with Crippen LogP contribution in [0.25, 0.3) is 0 Å². The summed E-state index contributed by atoms with van der Waals surface area (Å²) in [7, 11) is 0. The van der Waals surface area contributed by atoms with Crippen molar-refractivity contribution in [1.29, 1.82) is 0 Å². The van der Waals surface area contributed by atoms with Gasteiger partial charge in [-0.25, -0.2) is 4.79 Å². The van der Waals surface area contributed by atoms with Crippen LogP contribution in [0.15, 0.2) is 42.5 Å². The van der Waals surface area contributed by atoms with E-state index >= 15 is 0 Å². The molecule has 0 radical (unpaired) electrons. The van der Waals surface area contributed by atoms with Gasteiger partial charge in [0.15, 0.2) is 11.9 Å². The van der Waals surface area contributed by atoms with Gasteiger partial charge in [-0.2, -0.15) is 0 Å². The summed E-state index contributed by atoms with van der Waals surface area (Å²) in [5.41, 5.74) is 0.640. The minimum absolute atomic E-state index is 0.153. The van der Waals surface area contributed by atoms with Crippen molar-refractivity contribution in [3.05, 3.63) is 48.0 Å². The molecule has 1 atom stereocenters. The van der Waals surface area contributed by atoms with Crippen LogP contribution in [0, 0.1) is 0 Å². The van der Waals surface area contributed by atoms with Crippen LogP contribution in [-0.2, 0) is 25.5 Å². The van der Waals surface area contributed by atoms with Crippen LogP contribution in [0.4, 0.5) is 0 Å². The van der Waals surface area contributed by atoms with E-state index in [-0.39, 0.29) is 17.8 Å². The Morgan fingerprint density at radius 1 is 1.25 bits per heavy atom. The first-order chi connectivity index (χ1) is 9.40. The van der Waals surface area contributed by atoms with Gasteiger partial charge in [0.25, 0.3) is 0 Å². The zero-order valence-corrected chi connectivity index (χ0v) is 11.2. The standard InChI is InChI=1S/C15H16O5/c1-10(8-14(17)18)15(19)20-11(2)13(16)9-12-6-4-3-5-7-12/h3-7,11H,1,8-9H2,2H3,(H,17,18). The van der Waals surface area contributed by atoms with Crippen molar-refractivity contribution in [2.45, 2.75) is 25.9 Å². The van der Waals surface area contributed by atoms with E-state index in [0.717, 1.165) is 5.56 Å². The lowest BCUT2D eigenvalue weighted by atomic mass is 10.1. The summed E-state index contributed by atoms with van der Waals surface area (Å²) in [6, 6.07) is 9.07. The number of ether oxygens (including phenoxy) is 1. The van der Waals surface area contributed by atoms with Gasteiger partial charge in [0.1, 0.15) is 0 Å². The highest BCUT2D eigenvalue weighted by Crippen LogP contribution is 2.08. The molecule has 0 aromatic heterocycles. The second kappa shape index (κ2) is 7.23. The third kappa shape index (κ3) is 5.06. The predicted octanol–water partition coefficient (Wildman–Crippen LogP) is 1.76. The second-order valence-corrected chi connectivity index (χ2v) is 4.35. The van der Waals surface area contributed by atoms with Gasteiger partial charge in [-0.15, -0.1) is 0 Å². The number of aliphatic carboxylic acids is 1. The highest BCUT2D eigenvalue weighted by Gasteiger charge is 2.20. The monoisotopic (exact) mass is 276 g/mol. The van der Waals surface area contributed by atoms with Crippen LogP contribution in [0.3, 0.4) is 0 Å². The number of carbonyl (C=O) groups excluding carboxylic acids is 2. The van der Waals surface area contributed by atoms with E-state index in [4.69, 9.17) is 9.84 Å². The maximum absolute atomic E-state index is 11.9. The van der Waals surface area contributed by atoms with Crippen molar-refractivity contribution >= 4 is 17.7 Å². The fraction of sp³-hybridized carbons (Fsp3) is 0.267. The van der Waals surface area contributed by atoms with Crippen LogP contribution >= 0.6 is 0 Å². The molecule has 0 heterocycles. The number of carbonyl (C=O) groups is 3. The number of Topliss-reactive ketones (excluding diaryl/α,β-unsaturated/α-hetero) is 1. The molecule has 1 rings (SSSR count). The van der Waals surface area contributed by atoms with E-state index in [2.05, 4.69) is 6.58 Å². The van der Waals surface area contributed by atoms with Crippen molar-refractivity contribution in [2.75, 3.05) is 0 Å². The largest absolute Gasteiger partial charge is 0.481 e. The topological polar surface area (TPSA) is 80.7 Å². The quantitative estimate of drug-likeness (QED) is 0.606. The highest BCUT2D eigenvalue weighted by molar-refractivity contribution is 5.95. The van der Waals surface area contributed by atoms with E-state index in [9.17, 15) is 14.4 Å². The average Bonchev–Trinajstić information content (AvgIpc) is 2.38. The van der Waals surface area contributed by atoms with Gasteiger partial charge < -0.3 is 9.84 Å². The van der Waals surface area contributed by atoms with Gasteiger partial charge in [0.2, 0.25) is 0 Å². The Kier molecular flexibility index (Phi) is 5.65. The van der Waals surface area contributed by atoms with Crippen LogP contribution < -0.4 is 0 Å². The Hall–Kier alpha value is -2.43. The predicted molar refractivity (Wildman–Crippen MR) is 72.1 cm³/mol. The first kappa shape index (κ1) is 15.6. The Bertz CT molecular complexity index is 518. The Balaban J connectivity index is 2.51. The minimum Gasteiger partial charge on any atom is -0.481 e. The first-order valence-corrected chi connectivity index (χ1v) is 6.07. The molecule has 0 spiro atoms. The Morgan fingerprint density at radius 2 is 1.85 bits per heavy atom. The lowest BCUT2D eigenvalue weighted by molar-refractivity contribution is -0.151. The van der Waals surface area contributed by atoms with E-state index < -0.39 is 24.5 Å². The Morgan fingerprint density at radius 3 is 2.40 bits per heavy atom. The third-order valence-electron chi connectivity index (χ3n) is 2.61. The van der Waals surface area contributed by atoms with Gasteiger partial charge in [-0.3, -0.25) is 9.59 Å². The molecule has 5 heteroatoms. The molecule has 0 saturated carbocycles. The molecular weight excluding hydrogens is 260 g/mol. The number of carboxylic acids is 1. The van der Waals surface area contributed by atoms with Gasteiger partial charge in [0.05, 0.1) is 6.42 Å². The maximum Gasteiger partial charge on any atom is 0.334 e. The molecule has 1 unspecified atom stereocenters. The zero-order chi connectivity index (χ0) is 15.1. The van der Waals surface area contributed by atoms with E-state index in [0.29, 0.717) is 0 Å². The summed E-state index contributed by atoms with van der Waals surface area (Å²) < 4.78 is 4.90.